The first-order chi connectivity index (χ1) is 15.6. The van der Waals surface area contributed by atoms with Crippen LogP contribution in [-0.4, -0.2) is 42.4 Å². The molecule has 1 aliphatic carbocycles. The second-order valence-corrected chi connectivity index (χ2v) is 9.42. The van der Waals surface area contributed by atoms with Crippen molar-refractivity contribution >= 4 is 18.0 Å². The van der Waals surface area contributed by atoms with Crippen molar-refractivity contribution in [2.45, 2.75) is 46.1 Å². The molecule has 7 nitrogen and oxygen atoms in total. The normalized spacial score (nSPS) is 13.7. The number of ether oxygens (including phenoxy) is 2. The van der Waals surface area contributed by atoms with Gasteiger partial charge < -0.3 is 19.9 Å². The predicted molar refractivity (Wildman–Crippen MR) is 124 cm³/mol. The number of carbonyl (C=O) groups excluding carboxylic acids is 2. The van der Waals surface area contributed by atoms with Gasteiger partial charge in [0.2, 0.25) is 0 Å². The van der Waals surface area contributed by atoms with Crippen LogP contribution in [0.4, 0.5) is 4.79 Å². The summed E-state index contributed by atoms with van der Waals surface area (Å²) in [5.74, 6) is -1.87. The number of fused-ring (bicyclic) bond motifs is 3. The van der Waals surface area contributed by atoms with Crippen LogP contribution in [0.2, 0.25) is 0 Å². The van der Waals surface area contributed by atoms with Gasteiger partial charge in [-0.1, -0.05) is 62.4 Å². The lowest BCUT2D eigenvalue weighted by molar-refractivity contribution is -0.171. The molecule has 0 spiro atoms. The van der Waals surface area contributed by atoms with Gasteiger partial charge in [0.1, 0.15) is 6.61 Å². The van der Waals surface area contributed by atoms with Crippen LogP contribution in [0, 0.1) is 11.3 Å². The average Bonchev–Trinajstić information content (AvgIpc) is 3.09. The Morgan fingerprint density at radius 2 is 1.55 bits per heavy atom. The largest absolute Gasteiger partial charge is 0.479 e. The lowest BCUT2D eigenvalue weighted by Gasteiger charge is -2.25. The van der Waals surface area contributed by atoms with E-state index in [1.54, 1.807) is 13.8 Å². The molecule has 3 rings (SSSR count). The minimum atomic E-state index is -1.22. The van der Waals surface area contributed by atoms with Gasteiger partial charge in [-0.3, -0.25) is 4.79 Å². The molecule has 1 amide bonds. The van der Waals surface area contributed by atoms with Crippen LogP contribution in [0.1, 0.15) is 51.2 Å². The predicted octanol–water partition coefficient (Wildman–Crippen LogP) is 4.59. The molecule has 1 atom stereocenters. The van der Waals surface area contributed by atoms with E-state index in [2.05, 4.69) is 17.4 Å². The first-order valence-electron chi connectivity index (χ1n) is 11.1. The number of carboxylic acids is 1. The quantitative estimate of drug-likeness (QED) is 0.538. The molecule has 0 heterocycles. The lowest BCUT2D eigenvalue weighted by Crippen LogP contribution is -2.42. The summed E-state index contributed by atoms with van der Waals surface area (Å²) in [5.41, 5.74) is 3.39. The second-order valence-electron chi connectivity index (χ2n) is 9.42. The highest BCUT2D eigenvalue weighted by Gasteiger charge is 2.35. The summed E-state index contributed by atoms with van der Waals surface area (Å²) < 4.78 is 10.7. The number of hydrogen-bond donors (Lipinski definition) is 2. The summed E-state index contributed by atoms with van der Waals surface area (Å²) >= 11 is 0. The Hall–Kier alpha value is -3.35. The van der Waals surface area contributed by atoms with Gasteiger partial charge in [-0.05, 0) is 48.4 Å². The zero-order valence-corrected chi connectivity index (χ0v) is 19.5. The van der Waals surface area contributed by atoms with Crippen molar-refractivity contribution in [3.63, 3.8) is 0 Å². The zero-order chi connectivity index (χ0) is 24.2. The molecule has 0 saturated carbocycles. The van der Waals surface area contributed by atoms with E-state index in [-0.39, 0.29) is 31.4 Å². The molecule has 0 aliphatic heterocycles. The SMILES string of the molecule is CC(C)C[C@H](OC(=O)C(C)(C)CNC(=O)OCC1c2ccccc2-c2ccccc21)C(=O)O. The monoisotopic (exact) mass is 453 g/mol. The highest BCUT2D eigenvalue weighted by atomic mass is 16.6. The summed E-state index contributed by atoms with van der Waals surface area (Å²) in [4.78, 5) is 36.3. The molecule has 33 heavy (non-hydrogen) atoms. The van der Waals surface area contributed by atoms with E-state index >= 15 is 0 Å². The van der Waals surface area contributed by atoms with Crippen LogP contribution in [0.3, 0.4) is 0 Å². The van der Waals surface area contributed by atoms with Gasteiger partial charge in [0.15, 0.2) is 6.10 Å². The Balaban J connectivity index is 1.56. The molecule has 176 valence electrons. The van der Waals surface area contributed by atoms with Crippen LogP contribution in [-0.2, 0) is 19.1 Å². The molecule has 0 saturated heterocycles. The molecule has 7 heteroatoms. The first-order valence-corrected chi connectivity index (χ1v) is 11.1. The first kappa shape index (κ1) is 24.3. The molecule has 0 unspecified atom stereocenters. The van der Waals surface area contributed by atoms with Crippen LogP contribution in [0.15, 0.2) is 48.5 Å². The maximum absolute atomic E-state index is 12.5. The molecule has 2 N–H and O–H groups in total. The number of amides is 1. The lowest BCUT2D eigenvalue weighted by atomic mass is 9.93. The van der Waals surface area contributed by atoms with E-state index in [9.17, 15) is 19.5 Å². The van der Waals surface area contributed by atoms with E-state index < -0.39 is 29.6 Å². The molecular weight excluding hydrogens is 422 g/mol. The smallest absolute Gasteiger partial charge is 0.407 e. The molecule has 1 aliphatic rings. The van der Waals surface area contributed by atoms with Crippen LogP contribution >= 0.6 is 0 Å². The Morgan fingerprint density at radius 3 is 2.06 bits per heavy atom. The second kappa shape index (κ2) is 10.1. The van der Waals surface area contributed by atoms with E-state index in [1.165, 1.54) is 0 Å². The van der Waals surface area contributed by atoms with Crippen molar-refractivity contribution in [2.75, 3.05) is 13.2 Å². The van der Waals surface area contributed by atoms with Crippen molar-refractivity contribution in [1.29, 1.82) is 0 Å². The fourth-order valence-corrected chi connectivity index (χ4v) is 3.93. The van der Waals surface area contributed by atoms with Gasteiger partial charge in [0.25, 0.3) is 0 Å². The van der Waals surface area contributed by atoms with Gasteiger partial charge in [0.05, 0.1) is 5.41 Å². The summed E-state index contributed by atoms with van der Waals surface area (Å²) in [7, 11) is 0. The number of rotatable bonds is 9. The van der Waals surface area contributed by atoms with E-state index in [0.717, 1.165) is 22.3 Å². The fraction of sp³-hybridized carbons (Fsp3) is 0.423. The molecular formula is C26H31NO6. The third kappa shape index (κ3) is 5.72. The van der Waals surface area contributed by atoms with E-state index in [1.807, 2.05) is 50.2 Å². The summed E-state index contributed by atoms with van der Waals surface area (Å²) in [6.07, 6.45) is -1.64. The summed E-state index contributed by atoms with van der Waals surface area (Å²) in [6, 6.07) is 16.1. The van der Waals surface area contributed by atoms with Gasteiger partial charge in [-0.15, -0.1) is 0 Å². The summed E-state index contributed by atoms with van der Waals surface area (Å²) in [6.45, 7) is 7.01. The fourth-order valence-electron chi connectivity index (χ4n) is 3.93. The Labute approximate surface area is 194 Å². The standard InChI is InChI=1S/C26H31NO6/c1-16(2)13-22(23(28)29)33-24(30)26(3,4)15-27-25(31)32-14-21-19-11-7-5-9-17(19)18-10-6-8-12-20(18)21/h5-12,16,21-22H,13-15H2,1-4H3,(H,27,31)(H,28,29)/t22-/m0/s1. The number of benzene rings is 2. The number of aliphatic carboxylic acids is 1. The van der Waals surface area contributed by atoms with Crippen LogP contribution in [0.25, 0.3) is 11.1 Å². The maximum Gasteiger partial charge on any atom is 0.407 e. The van der Waals surface area contributed by atoms with Gasteiger partial charge in [-0.25, -0.2) is 9.59 Å². The molecule has 0 aromatic heterocycles. The van der Waals surface area contributed by atoms with Crippen LogP contribution < -0.4 is 5.32 Å². The topological polar surface area (TPSA) is 102 Å². The van der Waals surface area contributed by atoms with Crippen molar-refractivity contribution in [2.24, 2.45) is 11.3 Å². The number of carbonyl (C=O) groups is 3. The highest BCUT2D eigenvalue weighted by molar-refractivity contribution is 5.82. The van der Waals surface area contributed by atoms with Crippen molar-refractivity contribution < 1.29 is 29.0 Å². The number of esters is 1. The van der Waals surface area contributed by atoms with Crippen molar-refractivity contribution in [3.8, 4) is 11.1 Å². The van der Waals surface area contributed by atoms with Gasteiger partial charge in [0, 0.05) is 12.5 Å². The minimum Gasteiger partial charge on any atom is -0.479 e. The van der Waals surface area contributed by atoms with Gasteiger partial charge in [-0.2, -0.15) is 0 Å². The maximum atomic E-state index is 12.5. The zero-order valence-electron chi connectivity index (χ0n) is 19.5. The molecule has 2 aromatic carbocycles. The summed E-state index contributed by atoms with van der Waals surface area (Å²) in [5, 5.41) is 11.9. The molecule has 0 bridgehead atoms. The number of carboxylic acid groups (broad SMARTS) is 1. The Morgan fingerprint density at radius 1 is 1.00 bits per heavy atom. The number of alkyl carbamates (subject to hydrolysis) is 1. The highest BCUT2D eigenvalue weighted by Crippen LogP contribution is 2.44. The van der Waals surface area contributed by atoms with Crippen molar-refractivity contribution in [1.82, 2.24) is 5.32 Å². The minimum absolute atomic E-state index is 0.0451. The molecule has 0 radical (unpaired) electrons. The Bertz CT molecular complexity index is 983. The molecule has 0 fully saturated rings. The van der Waals surface area contributed by atoms with E-state index in [4.69, 9.17) is 9.47 Å². The van der Waals surface area contributed by atoms with Crippen LogP contribution in [0.5, 0.6) is 0 Å². The number of hydrogen-bond acceptors (Lipinski definition) is 5. The third-order valence-electron chi connectivity index (χ3n) is 5.78. The average molecular weight is 454 g/mol. The van der Waals surface area contributed by atoms with Crippen molar-refractivity contribution in [3.05, 3.63) is 59.7 Å². The Kier molecular flexibility index (Phi) is 7.41. The molecule has 2 aromatic rings. The number of nitrogens with one attached hydrogen (secondary N) is 1. The third-order valence-corrected chi connectivity index (χ3v) is 5.78. The van der Waals surface area contributed by atoms with Gasteiger partial charge >= 0.3 is 18.0 Å². The van der Waals surface area contributed by atoms with E-state index in [0.29, 0.717) is 0 Å².